The fourth-order valence-electron chi connectivity index (χ4n) is 6.04. The van der Waals surface area contributed by atoms with Crippen molar-refractivity contribution in [2.45, 2.75) is 33.1 Å². The molecular formula is C36H38ClFN6O5. The maximum Gasteiger partial charge on any atom is 0.334 e. The van der Waals surface area contributed by atoms with Crippen molar-refractivity contribution in [3.05, 3.63) is 93.6 Å². The molecule has 1 N–H and O–H groups in total. The fraction of sp³-hybridized carbons (Fsp3) is 0.333. The Morgan fingerprint density at radius 1 is 1.04 bits per heavy atom. The molecule has 0 spiro atoms. The van der Waals surface area contributed by atoms with Gasteiger partial charge >= 0.3 is 5.69 Å². The van der Waals surface area contributed by atoms with Crippen LogP contribution >= 0.6 is 11.6 Å². The Balaban J connectivity index is 1.15. The monoisotopic (exact) mass is 688 g/mol. The van der Waals surface area contributed by atoms with Crippen LogP contribution in [0.4, 0.5) is 10.1 Å². The molecule has 0 aliphatic carbocycles. The molecular weight excluding hydrogens is 651 g/mol. The number of aromatic nitrogens is 4. The highest BCUT2D eigenvalue weighted by molar-refractivity contribution is 6.30. The lowest BCUT2D eigenvalue weighted by Gasteiger charge is -2.30. The van der Waals surface area contributed by atoms with Gasteiger partial charge in [-0.25, -0.2) is 18.7 Å². The minimum absolute atomic E-state index is 0.0551. The minimum Gasteiger partial charge on any atom is -0.493 e. The first-order valence-electron chi connectivity index (χ1n) is 16.1. The SMILES string of the molecule is COc1cc2c(Oc3ccc(NC(=O)c4c(C)n(-c5ccc(Cl)cn5)c(=O)n4C)cc3F)ccnc2cc1OCCCN1CCC(C)CC1. The van der Waals surface area contributed by atoms with E-state index in [0.29, 0.717) is 51.3 Å². The van der Waals surface area contributed by atoms with Gasteiger partial charge in [-0.05, 0) is 81.6 Å². The molecule has 0 bridgehead atoms. The maximum absolute atomic E-state index is 15.4. The molecule has 1 amide bonds. The van der Waals surface area contributed by atoms with Gasteiger partial charge in [0, 0.05) is 49.2 Å². The summed E-state index contributed by atoms with van der Waals surface area (Å²) in [6.45, 7) is 7.73. The van der Waals surface area contributed by atoms with Gasteiger partial charge in [0.1, 0.15) is 17.3 Å². The minimum atomic E-state index is -0.702. The van der Waals surface area contributed by atoms with Gasteiger partial charge in [-0.2, -0.15) is 0 Å². The van der Waals surface area contributed by atoms with Crippen molar-refractivity contribution in [1.29, 1.82) is 0 Å². The summed E-state index contributed by atoms with van der Waals surface area (Å²) >= 11 is 5.94. The zero-order valence-electron chi connectivity index (χ0n) is 27.8. The van der Waals surface area contributed by atoms with Crippen LogP contribution in [0, 0.1) is 18.7 Å². The number of anilines is 1. The molecule has 0 unspecified atom stereocenters. The first-order valence-corrected chi connectivity index (χ1v) is 16.5. The third-order valence-corrected chi connectivity index (χ3v) is 9.02. The Morgan fingerprint density at radius 3 is 2.55 bits per heavy atom. The highest BCUT2D eigenvalue weighted by Crippen LogP contribution is 2.38. The standard InChI is InChI=1S/C36H38ClFN6O5/c1-22-11-15-43(16-12-22)14-5-17-48-32-20-28-26(19-31(32)47-4)29(10-13-39-28)49-30-8-7-25(18-27(30)38)41-35(45)34-23(2)44(36(46)42(34)3)33-9-6-24(37)21-40-33/h6-10,13,18-22H,5,11-12,14-17H2,1-4H3,(H,41,45). The Hall–Kier alpha value is -4.94. The summed E-state index contributed by atoms with van der Waals surface area (Å²) < 4.78 is 35.6. The summed E-state index contributed by atoms with van der Waals surface area (Å²) in [6, 6.07) is 12.5. The number of amides is 1. The van der Waals surface area contributed by atoms with Crippen molar-refractivity contribution in [3.8, 4) is 28.8 Å². The third-order valence-electron chi connectivity index (χ3n) is 8.80. The van der Waals surface area contributed by atoms with Crippen LogP contribution < -0.4 is 25.2 Å². The summed E-state index contributed by atoms with van der Waals surface area (Å²) in [7, 11) is 3.05. The van der Waals surface area contributed by atoms with Crippen LogP contribution in [0.5, 0.6) is 23.0 Å². The second-order valence-electron chi connectivity index (χ2n) is 12.2. The third kappa shape index (κ3) is 7.40. The van der Waals surface area contributed by atoms with Crippen LogP contribution in [0.3, 0.4) is 0 Å². The van der Waals surface area contributed by atoms with Gasteiger partial charge in [0.25, 0.3) is 5.91 Å². The Labute approximate surface area is 288 Å². The molecule has 2 aromatic carbocycles. The number of carbonyl (C=O) groups excluding carboxylic acids is 1. The summed E-state index contributed by atoms with van der Waals surface area (Å²) in [5, 5.41) is 3.70. The number of benzene rings is 2. The molecule has 0 atom stereocenters. The van der Waals surface area contributed by atoms with Crippen molar-refractivity contribution in [2.75, 3.05) is 38.7 Å². The van der Waals surface area contributed by atoms with E-state index in [9.17, 15) is 9.59 Å². The Bertz CT molecular complexity index is 2040. The molecule has 1 saturated heterocycles. The molecule has 256 valence electrons. The number of rotatable bonds is 11. The van der Waals surface area contributed by atoms with E-state index in [0.717, 1.165) is 38.0 Å². The van der Waals surface area contributed by atoms with E-state index in [1.807, 2.05) is 0 Å². The molecule has 1 aliphatic heterocycles. The fourth-order valence-corrected chi connectivity index (χ4v) is 6.15. The predicted molar refractivity (Wildman–Crippen MR) is 186 cm³/mol. The number of carbonyl (C=O) groups is 1. The lowest BCUT2D eigenvalue weighted by Crippen LogP contribution is -2.34. The normalized spacial score (nSPS) is 13.8. The van der Waals surface area contributed by atoms with E-state index in [-0.39, 0.29) is 17.1 Å². The molecule has 49 heavy (non-hydrogen) atoms. The van der Waals surface area contributed by atoms with Gasteiger partial charge in [0.05, 0.1) is 29.9 Å². The lowest BCUT2D eigenvalue weighted by atomic mass is 9.99. The van der Waals surface area contributed by atoms with Crippen molar-refractivity contribution < 1.29 is 23.4 Å². The number of nitrogens with one attached hydrogen (secondary N) is 1. The number of nitrogens with zero attached hydrogens (tertiary/aromatic N) is 5. The Morgan fingerprint density at radius 2 is 1.84 bits per heavy atom. The Kier molecular flexibility index (Phi) is 10.2. The van der Waals surface area contributed by atoms with E-state index >= 15 is 4.39 Å². The molecule has 11 nitrogen and oxygen atoms in total. The van der Waals surface area contributed by atoms with E-state index in [1.165, 1.54) is 47.4 Å². The second-order valence-corrected chi connectivity index (χ2v) is 12.6. The van der Waals surface area contributed by atoms with Gasteiger partial charge < -0.3 is 24.4 Å². The molecule has 4 heterocycles. The van der Waals surface area contributed by atoms with E-state index in [2.05, 4.69) is 27.1 Å². The van der Waals surface area contributed by atoms with Crippen LogP contribution in [0.15, 0.2) is 65.7 Å². The van der Waals surface area contributed by atoms with Crippen LogP contribution in [0.25, 0.3) is 16.7 Å². The number of ether oxygens (including phenoxy) is 3. The first-order chi connectivity index (χ1) is 23.6. The largest absolute Gasteiger partial charge is 0.493 e. The van der Waals surface area contributed by atoms with Crippen molar-refractivity contribution >= 4 is 34.1 Å². The number of hydrogen-bond donors (Lipinski definition) is 1. The second kappa shape index (κ2) is 14.7. The number of imidazole rings is 1. The number of hydrogen-bond acceptors (Lipinski definition) is 8. The highest BCUT2D eigenvalue weighted by Gasteiger charge is 2.23. The van der Waals surface area contributed by atoms with Crippen molar-refractivity contribution in [1.82, 2.24) is 24.0 Å². The summed E-state index contributed by atoms with van der Waals surface area (Å²) in [5.74, 6) is 1.22. The molecule has 0 saturated carbocycles. The van der Waals surface area contributed by atoms with Gasteiger partial charge in [0.15, 0.2) is 23.1 Å². The number of halogens is 2. The van der Waals surface area contributed by atoms with Crippen LogP contribution in [-0.4, -0.2) is 63.3 Å². The molecule has 5 aromatic rings. The first kappa shape index (κ1) is 33.9. The molecule has 13 heteroatoms. The average molecular weight is 689 g/mol. The van der Waals surface area contributed by atoms with Gasteiger partial charge in [-0.3, -0.25) is 14.3 Å². The molecule has 0 radical (unpaired) electrons. The molecule has 6 rings (SSSR count). The number of likely N-dealkylation sites (tertiary alicyclic amines) is 1. The summed E-state index contributed by atoms with van der Waals surface area (Å²) in [4.78, 5) is 37.4. The van der Waals surface area contributed by atoms with Gasteiger partial charge in [-0.15, -0.1) is 0 Å². The molecule has 1 aliphatic rings. The lowest BCUT2D eigenvalue weighted by molar-refractivity contribution is 0.101. The number of methoxy groups -OCH3 is 1. The van der Waals surface area contributed by atoms with Crippen LogP contribution in [-0.2, 0) is 7.05 Å². The topological polar surface area (TPSA) is 113 Å². The number of fused-ring (bicyclic) bond motifs is 1. The molecule has 1 fully saturated rings. The van der Waals surface area contributed by atoms with Crippen LogP contribution in [0.1, 0.15) is 42.4 Å². The molecule has 3 aromatic heterocycles. The van der Waals surface area contributed by atoms with Gasteiger partial charge in [-0.1, -0.05) is 18.5 Å². The average Bonchev–Trinajstić information content (AvgIpc) is 3.32. The zero-order valence-corrected chi connectivity index (χ0v) is 28.6. The quantitative estimate of drug-likeness (QED) is 0.151. The van der Waals surface area contributed by atoms with Gasteiger partial charge in [0.2, 0.25) is 0 Å². The van der Waals surface area contributed by atoms with E-state index in [1.54, 1.807) is 50.6 Å². The zero-order chi connectivity index (χ0) is 34.7. The number of piperidine rings is 1. The highest BCUT2D eigenvalue weighted by atomic mass is 35.5. The van der Waals surface area contributed by atoms with E-state index in [4.69, 9.17) is 25.8 Å². The summed E-state index contributed by atoms with van der Waals surface area (Å²) in [5.41, 5.74) is 0.775. The van der Waals surface area contributed by atoms with Crippen LogP contribution in [0.2, 0.25) is 5.02 Å². The smallest absolute Gasteiger partial charge is 0.334 e. The maximum atomic E-state index is 15.4. The van der Waals surface area contributed by atoms with E-state index < -0.39 is 17.4 Å². The predicted octanol–water partition coefficient (Wildman–Crippen LogP) is 6.77. The number of pyridine rings is 2. The van der Waals surface area contributed by atoms with Crippen molar-refractivity contribution in [3.63, 3.8) is 0 Å². The summed E-state index contributed by atoms with van der Waals surface area (Å²) in [6.07, 6.45) is 6.37. The van der Waals surface area contributed by atoms with Crippen molar-refractivity contribution in [2.24, 2.45) is 13.0 Å².